The van der Waals surface area contributed by atoms with Crippen molar-refractivity contribution in [3.05, 3.63) is 18.3 Å². The summed E-state index contributed by atoms with van der Waals surface area (Å²) in [6, 6.07) is 2.94. The standard InChI is InChI=1S/C13H24N2O3SSi/c1-13(2,3)20(4,5)18-8-9-19(16,17)12-10-11(14)6-7-15-12/h6-7,10H,8-9H2,1-5H3,(H2,14,15). The van der Waals surface area contributed by atoms with E-state index in [4.69, 9.17) is 10.2 Å². The van der Waals surface area contributed by atoms with Crippen LogP contribution in [-0.4, -0.2) is 34.1 Å². The molecule has 20 heavy (non-hydrogen) atoms. The summed E-state index contributed by atoms with van der Waals surface area (Å²) < 4.78 is 30.2. The van der Waals surface area contributed by atoms with Gasteiger partial charge in [-0.15, -0.1) is 0 Å². The lowest BCUT2D eigenvalue weighted by atomic mass is 10.2. The number of anilines is 1. The lowest BCUT2D eigenvalue weighted by molar-refractivity contribution is 0.309. The second kappa shape index (κ2) is 5.83. The number of rotatable bonds is 5. The number of sulfone groups is 1. The average Bonchev–Trinajstić information content (AvgIpc) is 2.26. The number of nitrogens with two attached hydrogens (primary N) is 1. The first kappa shape index (κ1) is 17.1. The zero-order valence-electron chi connectivity index (χ0n) is 12.8. The molecule has 0 aliphatic carbocycles. The van der Waals surface area contributed by atoms with Crippen molar-refractivity contribution in [1.29, 1.82) is 0 Å². The van der Waals surface area contributed by atoms with E-state index in [1.165, 1.54) is 12.3 Å². The highest BCUT2D eigenvalue weighted by Gasteiger charge is 2.37. The molecule has 0 spiro atoms. The van der Waals surface area contributed by atoms with E-state index in [0.29, 0.717) is 5.69 Å². The number of aromatic nitrogens is 1. The molecule has 0 aliphatic rings. The van der Waals surface area contributed by atoms with Crippen molar-refractivity contribution in [2.45, 2.75) is 43.9 Å². The molecule has 5 nitrogen and oxygen atoms in total. The van der Waals surface area contributed by atoms with Crippen LogP contribution in [0.15, 0.2) is 23.4 Å². The first-order chi connectivity index (χ1) is 8.96. The summed E-state index contributed by atoms with van der Waals surface area (Å²) in [4.78, 5) is 3.86. The summed E-state index contributed by atoms with van der Waals surface area (Å²) >= 11 is 0. The number of hydrogen-bond acceptors (Lipinski definition) is 5. The van der Waals surface area contributed by atoms with Crippen molar-refractivity contribution in [1.82, 2.24) is 4.98 Å². The Morgan fingerprint density at radius 3 is 2.45 bits per heavy atom. The molecule has 0 fully saturated rings. The van der Waals surface area contributed by atoms with Crippen molar-refractivity contribution in [3.63, 3.8) is 0 Å². The van der Waals surface area contributed by atoms with Gasteiger partial charge in [0.2, 0.25) is 0 Å². The predicted molar refractivity (Wildman–Crippen MR) is 83.9 cm³/mol. The Hall–Kier alpha value is -0.923. The third-order valence-electron chi connectivity index (χ3n) is 3.70. The van der Waals surface area contributed by atoms with Gasteiger partial charge in [-0.25, -0.2) is 13.4 Å². The van der Waals surface area contributed by atoms with Crippen LogP contribution in [-0.2, 0) is 14.3 Å². The Balaban J connectivity index is 2.71. The van der Waals surface area contributed by atoms with E-state index in [-0.39, 0.29) is 22.4 Å². The molecule has 0 aliphatic heterocycles. The van der Waals surface area contributed by atoms with Gasteiger partial charge in [0.15, 0.2) is 23.2 Å². The van der Waals surface area contributed by atoms with Crippen molar-refractivity contribution in [2.75, 3.05) is 18.1 Å². The number of hydrogen-bond donors (Lipinski definition) is 1. The fourth-order valence-electron chi connectivity index (χ4n) is 1.32. The second-order valence-electron chi connectivity index (χ2n) is 6.36. The maximum Gasteiger partial charge on any atom is 0.197 e. The Bertz CT molecular complexity index is 565. The van der Waals surface area contributed by atoms with Gasteiger partial charge in [0.25, 0.3) is 0 Å². The van der Waals surface area contributed by atoms with Crippen molar-refractivity contribution in [2.24, 2.45) is 0 Å². The third kappa shape index (κ3) is 4.29. The van der Waals surface area contributed by atoms with Gasteiger partial charge in [0.1, 0.15) is 0 Å². The van der Waals surface area contributed by atoms with E-state index in [9.17, 15) is 8.42 Å². The van der Waals surface area contributed by atoms with E-state index < -0.39 is 18.2 Å². The zero-order valence-corrected chi connectivity index (χ0v) is 14.6. The summed E-state index contributed by atoms with van der Waals surface area (Å²) in [6.07, 6.45) is 1.40. The average molecular weight is 316 g/mol. The highest BCUT2D eigenvalue weighted by Crippen LogP contribution is 2.36. The van der Waals surface area contributed by atoms with Gasteiger partial charge in [-0.3, -0.25) is 0 Å². The van der Waals surface area contributed by atoms with Gasteiger partial charge in [0.05, 0.1) is 5.75 Å². The Morgan fingerprint density at radius 2 is 1.95 bits per heavy atom. The van der Waals surface area contributed by atoms with Crippen molar-refractivity contribution >= 4 is 23.8 Å². The van der Waals surface area contributed by atoms with Crippen LogP contribution in [0.4, 0.5) is 5.69 Å². The van der Waals surface area contributed by atoms with Crippen LogP contribution < -0.4 is 5.73 Å². The summed E-state index contributed by atoms with van der Waals surface area (Å²) in [5.41, 5.74) is 5.97. The smallest absolute Gasteiger partial charge is 0.197 e. The first-order valence-corrected chi connectivity index (χ1v) is 11.1. The molecule has 0 saturated carbocycles. The van der Waals surface area contributed by atoms with Crippen molar-refractivity contribution < 1.29 is 12.8 Å². The van der Waals surface area contributed by atoms with Gasteiger partial charge in [-0.2, -0.15) is 0 Å². The monoisotopic (exact) mass is 316 g/mol. The quantitative estimate of drug-likeness (QED) is 0.844. The lowest BCUT2D eigenvalue weighted by Crippen LogP contribution is -2.41. The van der Waals surface area contributed by atoms with Gasteiger partial charge in [0, 0.05) is 18.5 Å². The highest BCUT2D eigenvalue weighted by molar-refractivity contribution is 7.91. The van der Waals surface area contributed by atoms with Crippen LogP contribution >= 0.6 is 0 Å². The lowest BCUT2D eigenvalue weighted by Gasteiger charge is -2.36. The maximum atomic E-state index is 12.1. The molecular weight excluding hydrogens is 292 g/mol. The number of nitrogens with zero attached hydrogens (tertiary/aromatic N) is 1. The van der Waals surface area contributed by atoms with Crippen LogP contribution in [0.2, 0.25) is 18.1 Å². The van der Waals surface area contributed by atoms with E-state index in [1.54, 1.807) is 6.07 Å². The van der Waals surface area contributed by atoms with Crippen LogP contribution in [0.25, 0.3) is 0 Å². The molecule has 0 bridgehead atoms. The maximum absolute atomic E-state index is 12.1. The Kier molecular flexibility index (Phi) is 4.99. The van der Waals surface area contributed by atoms with Gasteiger partial charge >= 0.3 is 0 Å². The Morgan fingerprint density at radius 1 is 1.35 bits per heavy atom. The summed E-state index contributed by atoms with van der Waals surface area (Å²) in [5.74, 6) is -0.0734. The molecule has 114 valence electrons. The molecule has 2 N–H and O–H groups in total. The molecule has 7 heteroatoms. The fourth-order valence-corrected chi connectivity index (χ4v) is 3.56. The topological polar surface area (TPSA) is 82.3 Å². The molecular formula is C13H24N2O3SSi. The largest absolute Gasteiger partial charge is 0.416 e. The molecule has 0 unspecified atom stereocenters. The highest BCUT2D eigenvalue weighted by atomic mass is 32.2. The first-order valence-electron chi connectivity index (χ1n) is 6.54. The number of pyridine rings is 1. The normalized spacial score (nSPS) is 13.4. The molecule has 1 heterocycles. The molecule has 0 atom stereocenters. The molecule has 1 rings (SSSR count). The van der Waals surface area contributed by atoms with E-state index >= 15 is 0 Å². The molecule has 0 aromatic carbocycles. The summed E-state index contributed by atoms with van der Waals surface area (Å²) in [5, 5.41) is 0.0722. The van der Waals surface area contributed by atoms with Crippen LogP contribution in [0.3, 0.4) is 0 Å². The third-order valence-corrected chi connectivity index (χ3v) is 9.80. The Labute approximate surface area is 122 Å². The minimum absolute atomic E-state index is 0.0105. The fraction of sp³-hybridized carbons (Fsp3) is 0.615. The van der Waals surface area contributed by atoms with Crippen LogP contribution in [0, 0.1) is 0 Å². The minimum Gasteiger partial charge on any atom is -0.416 e. The molecule has 0 radical (unpaired) electrons. The second-order valence-corrected chi connectivity index (χ2v) is 13.2. The van der Waals surface area contributed by atoms with Gasteiger partial charge < -0.3 is 10.2 Å². The van der Waals surface area contributed by atoms with E-state index in [1.807, 2.05) is 0 Å². The summed E-state index contributed by atoms with van der Waals surface area (Å²) in [7, 11) is -5.37. The van der Waals surface area contributed by atoms with Crippen LogP contribution in [0.5, 0.6) is 0 Å². The van der Waals surface area contributed by atoms with E-state index in [2.05, 4.69) is 38.8 Å². The zero-order chi connectivity index (χ0) is 15.6. The van der Waals surface area contributed by atoms with E-state index in [0.717, 1.165) is 0 Å². The van der Waals surface area contributed by atoms with Gasteiger partial charge in [-0.05, 0) is 30.3 Å². The SMILES string of the molecule is CC(C)(C)[Si](C)(C)OCCS(=O)(=O)c1cc(N)ccn1. The molecule has 1 aromatic rings. The molecule has 0 amide bonds. The molecule has 0 saturated heterocycles. The molecule has 1 aromatic heterocycles. The van der Waals surface area contributed by atoms with Crippen LogP contribution in [0.1, 0.15) is 20.8 Å². The minimum atomic E-state index is -3.44. The summed E-state index contributed by atoms with van der Waals surface area (Å²) in [6.45, 7) is 10.7. The predicted octanol–water partition coefficient (Wildman–Crippen LogP) is 2.46. The van der Waals surface area contributed by atoms with Gasteiger partial charge in [-0.1, -0.05) is 20.8 Å². The van der Waals surface area contributed by atoms with Crippen molar-refractivity contribution in [3.8, 4) is 0 Å². The number of nitrogen functional groups attached to an aromatic ring is 1.